The molecule has 1 aliphatic heterocycles. The number of rotatable bonds is 5. The second-order valence-corrected chi connectivity index (χ2v) is 9.47. The molecule has 4 aromatic rings. The maximum atomic E-state index is 14.8. The number of nitrogens with two attached hydrogens (primary N) is 1. The zero-order chi connectivity index (χ0) is 25.6. The largest absolute Gasteiger partial charge is 0.478 e. The minimum atomic E-state index is -1.12. The summed E-state index contributed by atoms with van der Waals surface area (Å²) in [4.78, 5) is 30.6. The second-order valence-electron chi connectivity index (χ2n) is 9.47. The van der Waals surface area contributed by atoms with Crippen LogP contribution in [0.1, 0.15) is 45.9 Å². The molecule has 0 unspecified atom stereocenters. The number of benzene rings is 1. The number of nitrogens with zero attached hydrogens (tertiary/aromatic N) is 4. The molecule has 0 amide bonds. The van der Waals surface area contributed by atoms with Gasteiger partial charge in [0.05, 0.1) is 11.3 Å². The summed E-state index contributed by atoms with van der Waals surface area (Å²) in [7, 11) is 1.97. The number of hydrogen-bond donors (Lipinski definition) is 2. The monoisotopic (exact) mass is 489 g/mol. The predicted octanol–water partition coefficient (Wildman–Crippen LogP) is 3.83. The van der Waals surface area contributed by atoms with Crippen molar-refractivity contribution in [1.82, 2.24) is 19.0 Å². The lowest BCUT2D eigenvalue weighted by atomic mass is 9.85. The molecular formula is C27H28FN5O3. The molecule has 0 spiro atoms. The van der Waals surface area contributed by atoms with Crippen LogP contribution in [0, 0.1) is 12.7 Å². The van der Waals surface area contributed by atoms with Crippen LogP contribution in [-0.4, -0.2) is 43.2 Å². The fourth-order valence-electron chi connectivity index (χ4n) is 5.32. The highest BCUT2D eigenvalue weighted by Crippen LogP contribution is 2.34. The van der Waals surface area contributed by atoms with Gasteiger partial charge in [0.15, 0.2) is 0 Å². The maximum absolute atomic E-state index is 14.8. The van der Waals surface area contributed by atoms with Crippen molar-refractivity contribution >= 4 is 22.7 Å². The van der Waals surface area contributed by atoms with Crippen LogP contribution in [0.4, 0.5) is 10.1 Å². The molecule has 0 atom stereocenters. The predicted molar refractivity (Wildman–Crippen MR) is 136 cm³/mol. The smallest absolute Gasteiger partial charge is 0.335 e. The van der Waals surface area contributed by atoms with Crippen LogP contribution in [0.5, 0.6) is 0 Å². The summed E-state index contributed by atoms with van der Waals surface area (Å²) in [6.07, 6.45) is 4.95. The highest BCUT2D eigenvalue weighted by molar-refractivity contribution is 5.88. The third-order valence-corrected chi connectivity index (χ3v) is 7.17. The summed E-state index contributed by atoms with van der Waals surface area (Å²) >= 11 is 0. The van der Waals surface area contributed by atoms with Gasteiger partial charge in [0.25, 0.3) is 5.56 Å². The number of hydrogen-bond acceptors (Lipinski definition) is 5. The van der Waals surface area contributed by atoms with E-state index in [1.807, 2.05) is 17.7 Å². The third kappa shape index (κ3) is 4.26. The van der Waals surface area contributed by atoms with Gasteiger partial charge in [-0.25, -0.2) is 14.2 Å². The summed E-state index contributed by atoms with van der Waals surface area (Å²) in [5.41, 5.74) is 9.89. The van der Waals surface area contributed by atoms with Gasteiger partial charge in [0, 0.05) is 48.8 Å². The minimum Gasteiger partial charge on any atom is -0.478 e. The van der Waals surface area contributed by atoms with Gasteiger partial charge in [-0.3, -0.25) is 14.3 Å². The van der Waals surface area contributed by atoms with Crippen molar-refractivity contribution in [3.8, 4) is 5.69 Å². The first-order chi connectivity index (χ1) is 17.2. The van der Waals surface area contributed by atoms with Crippen molar-refractivity contribution < 1.29 is 14.3 Å². The van der Waals surface area contributed by atoms with Crippen molar-refractivity contribution in [3.63, 3.8) is 0 Å². The average molecular weight is 490 g/mol. The number of aromatic nitrogens is 3. The molecule has 3 aromatic heterocycles. The Hall–Kier alpha value is -3.98. The molecular weight excluding hydrogens is 461 g/mol. The van der Waals surface area contributed by atoms with Crippen LogP contribution in [-0.2, 0) is 13.6 Å². The van der Waals surface area contributed by atoms with Crippen LogP contribution in [0.2, 0.25) is 0 Å². The summed E-state index contributed by atoms with van der Waals surface area (Å²) in [6.45, 7) is 4.08. The van der Waals surface area contributed by atoms with Crippen LogP contribution in [0.15, 0.2) is 53.6 Å². The van der Waals surface area contributed by atoms with Crippen molar-refractivity contribution in [2.24, 2.45) is 7.05 Å². The van der Waals surface area contributed by atoms with E-state index in [0.29, 0.717) is 23.4 Å². The fraction of sp³-hybridized carbons (Fsp3) is 0.296. The molecule has 0 radical (unpaired) electrons. The number of anilines is 1. The Morgan fingerprint density at radius 2 is 1.94 bits per heavy atom. The number of piperidine rings is 1. The molecule has 1 aromatic carbocycles. The van der Waals surface area contributed by atoms with Crippen LogP contribution in [0.3, 0.4) is 0 Å². The van der Waals surface area contributed by atoms with E-state index < -0.39 is 11.8 Å². The SMILES string of the molecule is Cc1cc(C(=O)O)cc(F)c1C1CCN(Cc2cc3c(-n4ccc(N)cc4=O)ccnc3n2C)CC1. The Balaban J connectivity index is 1.36. The van der Waals surface area contributed by atoms with Crippen molar-refractivity contribution in [2.75, 3.05) is 18.8 Å². The van der Waals surface area contributed by atoms with Gasteiger partial charge in [-0.05, 0) is 80.2 Å². The van der Waals surface area contributed by atoms with Crippen molar-refractivity contribution in [2.45, 2.75) is 32.2 Å². The van der Waals surface area contributed by atoms with Crippen LogP contribution >= 0.6 is 0 Å². The van der Waals surface area contributed by atoms with Crippen molar-refractivity contribution in [1.29, 1.82) is 0 Å². The van der Waals surface area contributed by atoms with Gasteiger partial charge in [0.1, 0.15) is 11.5 Å². The Bertz CT molecular complexity index is 1510. The van der Waals surface area contributed by atoms with Gasteiger partial charge >= 0.3 is 5.97 Å². The molecule has 1 aliphatic rings. The van der Waals surface area contributed by atoms with E-state index in [2.05, 4.69) is 16.0 Å². The topological polar surface area (TPSA) is 106 Å². The summed E-state index contributed by atoms with van der Waals surface area (Å²) < 4.78 is 18.4. The highest BCUT2D eigenvalue weighted by Gasteiger charge is 2.26. The van der Waals surface area contributed by atoms with E-state index in [0.717, 1.165) is 54.4 Å². The molecule has 0 bridgehead atoms. The van der Waals surface area contributed by atoms with Gasteiger partial charge in [-0.15, -0.1) is 0 Å². The Morgan fingerprint density at radius 1 is 1.19 bits per heavy atom. The lowest BCUT2D eigenvalue weighted by Gasteiger charge is -2.33. The summed E-state index contributed by atoms with van der Waals surface area (Å²) in [5.74, 6) is -1.49. The molecule has 36 heavy (non-hydrogen) atoms. The fourth-order valence-corrected chi connectivity index (χ4v) is 5.32. The summed E-state index contributed by atoms with van der Waals surface area (Å²) in [5, 5.41) is 10.1. The van der Waals surface area contributed by atoms with E-state index in [-0.39, 0.29) is 17.0 Å². The number of carboxylic acid groups (broad SMARTS) is 1. The first-order valence-electron chi connectivity index (χ1n) is 11.9. The zero-order valence-corrected chi connectivity index (χ0v) is 20.2. The number of fused-ring (bicyclic) bond motifs is 1. The maximum Gasteiger partial charge on any atom is 0.335 e. The number of halogens is 1. The lowest BCUT2D eigenvalue weighted by Crippen LogP contribution is -2.33. The van der Waals surface area contributed by atoms with E-state index in [9.17, 15) is 19.1 Å². The van der Waals surface area contributed by atoms with E-state index >= 15 is 0 Å². The second kappa shape index (κ2) is 9.23. The molecule has 5 rings (SSSR count). The van der Waals surface area contributed by atoms with Gasteiger partial charge in [-0.2, -0.15) is 0 Å². The highest BCUT2D eigenvalue weighted by atomic mass is 19.1. The third-order valence-electron chi connectivity index (χ3n) is 7.17. The average Bonchev–Trinajstić information content (AvgIpc) is 3.15. The number of aromatic carboxylic acids is 1. The Morgan fingerprint density at radius 3 is 2.61 bits per heavy atom. The van der Waals surface area contributed by atoms with Gasteiger partial charge in [-0.1, -0.05) is 0 Å². The molecule has 3 N–H and O–H groups in total. The van der Waals surface area contributed by atoms with Gasteiger partial charge in [0.2, 0.25) is 0 Å². The normalized spacial score (nSPS) is 15.0. The standard InChI is InChI=1S/C27H28FN5O3/c1-16-11-18(27(35)36)12-22(28)25(16)17-4-8-32(9-5-17)15-20-14-21-23(3-7-30-26(21)31(20)2)33-10-6-19(29)13-24(33)34/h3,6-7,10-14,17H,4-5,8-9,15,29H2,1-2H3,(H,35,36). The molecule has 1 saturated heterocycles. The van der Waals surface area contributed by atoms with E-state index in [1.165, 1.54) is 6.07 Å². The number of carboxylic acids is 1. The minimum absolute atomic E-state index is 0.0174. The van der Waals surface area contributed by atoms with E-state index in [1.54, 1.807) is 36.0 Å². The summed E-state index contributed by atoms with van der Waals surface area (Å²) in [6, 6.07) is 9.67. The zero-order valence-electron chi connectivity index (χ0n) is 20.2. The first kappa shape index (κ1) is 23.7. The number of carbonyl (C=O) groups is 1. The number of aryl methyl sites for hydroxylation is 2. The molecule has 186 valence electrons. The van der Waals surface area contributed by atoms with Crippen LogP contribution < -0.4 is 11.3 Å². The number of nitrogen functional groups attached to an aromatic ring is 1. The molecule has 1 fully saturated rings. The Labute approximate surface area is 207 Å². The van der Waals surface area contributed by atoms with Crippen LogP contribution in [0.25, 0.3) is 16.7 Å². The molecule has 9 heteroatoms. The quantitative estimate of drug-likeness (QED) is 0.441. The first-order valence-corrected chi connectivity index (χ1v) is 11.9. The molecule has 4 heterocycles. The van der Waals surface area contributed by atoms with Crippen molar-refractivity contribution in [3.05, 3.63) is 87.3 Å². The number of pyridine rings is 2. The lowest BCUT2D eigenvalue weighted by molar-refractivity contribution is 0.0696. The number of likely N-dealkylation sites (tertiary alicyclic amines) is 1. The van der Waals surface area contributed by atoms with Gasteiger partial charge < -0.3 is 15.4 Å². The van der Waals surface area contributed by atoms with E-state index in [4.69, 9.17) is 5.73 Å². The molecule has 0 saturated carbocycles. The Kier molecular flexibility index (Phi) is 6.09. The molecule has 8 nitrogen and oxygen atoms in total. The molecule has 0 aliphatic carbocycles.